The molecule has 0 fully saturated rings. The van der Waals surface area contributed by atoms with Gasteiger partial charge in [-0.25, -0.2) is 13.4 Å². The molecule has 0 amide bonds. The topological polar surface area (TPSA) is 65.5 Å². The van der Waals surface area contributed by atoms with Crippen LogP contribution in [-0.2, 0) is 26.9 Å². The van der Waals surface area contributed by atoms with Gasteiger partial charge in [0.2, 0.25) is 0 Å². The lowest BCUT2D eigenvalue weighted by Crippen LogP contribution is -2.13. The molecular weight excluding hydrogens is 346 g/mol. The van der Waals surface area contributed by atoms with Crippen molar-refractivity contribution in [2.45, 2.75) is 12.4 Å². The van der Waals surface area contributed by atoms with Gasteiger partial charge in [0.25, 0.3) is 0 Å². The van der Waals surface area contributed by atoms with E-state index in [0.29, 0.717) is 23.1 Å². The van der Waals surface area contributed by atoms with Crippen LogP contribution < -0.4 is 4.74 Å². The first-order valence-electron chi connectivity index (χ1n) is 6.49. The molecule has 2 aromatic rings. The van der Waals surface area contributed by atoms with Crippen LogP contribution in [0.2, 0.25) is 5.02 Å². The number of methoxy groups -OCH3 is 1. The lowest BCUT2D eigenvalue weighted by Gasteiger charge is -2.03. The van der Waals surface area contributed by atoms with E-state index < -0.39 is 9.84 Å². The van der Waals surface area contributed by atoms with E-state index in [0.717, 1.165) is 5.01 Å². The Balaban J connectivity index is 1.90. The molecule has 0 aliphatic carbocycles. The second kappa shape index (κ2) is 7.92. The van der Waals surface area contributed by atoms with E-state index in [2.05, 4.69) is 4.98 Å². The Morgan fingerprint density at radius 2 is 2.00 bits per heavy atom. The molecule has 0 aliphatic rings. The fraction of sp³-hybridized carbons (Fsp3) is 0.357. The number of hydrogen-bond acceptors (Lipinski definition) is 6. The molecule has 120 valence electrons. The first-order valence-corrected chi connectivity index (χ1v) is 9.57. The van der Waals surface area contributed by atoms with Crippen LogP contribution in [0, 0.1) is 0 Å². The van der Waals surface area contributed by atoms with E-state index in [1.807, 2.05) is 0 Å². The third-order valence-electron chi connectivity index (χ3n) is 2.74. The normalized spacial score (nSPS) is 11.5. The van der Waals surface area contributed by atoms with Gasteiger partial charge >= 0.3 is 0 Å². The molecule has 22 heavy (non-hydrogen) atoms. The lowest BCUT2D eigenvalue weighted by atomic mass is 10.3. The molecule has 0 N–H and O–H groups in total. The van der Waals surface area contributed by atoms with Crippen LogP contribution in [0.15, 0.2) is 29.6 Å². The maximum absolute atomic E-state index is 11.8. The number of ether oxygens (including phenoxy) is 2. The van der Waals surface area contributed by atoms with Crippen molar-refractivity contribution in [3.63, 3.8) is 0 Å². The minimum absolute atomic E-state index is 0.00235. The van der Waals surface area contributed by atoms with E-state index in [1.165, 1.54) is 18.4 Å². The molecule has 1 aromatic heterocycles. The molecule has 1 heterocycles. The van der Waals surface area contributed by atoms with Crippen LogP contribution in [-0.4, -0.2) is 32.9 Å². The third kappa shape index (κ3) is 5.57. The van der Waals surface area contributed by atoms with Crippen molar-refractivity contribution in [2.75, 3.05) is 19.5 Å². The molecule has 0 atom stereocenters. The fourth-order valence-electron chi connectivity index (χ4n) is 1.67. The first kappa shape index (κ1) is 17.2. The van der Waals surface area contributed by atoms with Gasteiger partial charge < -0.3 is 9.47 Å². The Labute approximate surface area is 138 Å². The summed E-state index contributed by atoms with van der Waals surface area (Å²) in [6, 6.07) is 7.03. The second-order valence-electron chi connectivity index (χ2n) is 4.56. The molecular formula is C14H16ClNO4S2. The predicted molar refractivity (Wildman–Crippen MR) is 87.3 cm³/mol. The molecule has 1 aromatic carbocycles. The molecule has 0 saturated heterocycles. The average Bonchev–Trinajstić information content (AvgIpc) is 2.91. The largest absolute Gasteiger partial charge is 0.486 e. The van der Waals surface area contributed by atoms with Gasteiger partial charge in [0.05, 0.1) is 23.8 Å². The van der Waals surface area contributed by atoms with E-state index in [4.69, 9.17) is 21.1 Å². The quantitative estimate of drug-likeness (QED) is 0.723. The predicted octanol–water partition coefficient (Wildman–Crippen LogP) is 2.94. The van der Waals surface area contributed by atoms with Crippen molar-refractivity contribution < 1.29 is 17.9 Å². The number of thiazole rings is 1. The van der Waals surface area contributed by atoms with Crippen LogP contribution in [0.5, 0.6) is 5.75 Å². The minimum atomic E-state index is -3.19. The van der Waals surface area contributed by atoms with Crippen molar-refractivity contribution in [3.05, 3.63) is 45.4 Å². The molecule has 8 heteroatoms. The van der Waals surface area contributed by atoms with Crippen molar-refractivity contribution in [1.82, 2.24) is 4.98 Å². The van der Waals surface area contributed by atoms with Gasteiger partial charge in [-0.15, -0.1) is 11.3 Å². The van der Waals surface area contributed by atoms with Crippen molar-refractivity contribution >= 4 is 32.8 Å². The molecule has 0 bridgehead atoms. The van der Waals surface area contributed by atoms with E-state index >= 15 is 0 Å². The van der Waals surface area contributed by atoms with Crippen LogP contribution in [0.3, 0.4) is 0 Å². The summed E-state index contributed by atoms with van der Waals surface area (Å²) in [6.45, 7) is 0.490. The van der Waals surface area contributed by atoms with E-state index in [1.54, 1.807) is 29.6 Å². The van der Waals surface area contributed by atoms with Crippen LogP contribution in [0.1, 0.15) is 10.7 Å². The summed E-state index contributed by atoms with van der Waals surface area (Å²) in [5.74, 6) is 0.611. The summed E-state index contributed by atoms with van der Waals surface area (Å²) >= 11 is 7.18. The van der Waals surface area contributed by atoms with Crippen LogP contribution in [0.4, 0.5) is 0 Å². The number of halogens is 1. The Kier molecular flexibility index (Phi) is 6.19. The number of nitrogens with zero attached hydrogens (tertiary/aromatic N) is 1. The van der Waals surface area contributed by atoms with Crippen LogP contribution >= 0.6 is 22.9 Å². The summed E-state index contributed by atoms with van der Waals surface area (Å²) in [4.78, 5) is 4.28. The monoisotopic (exact) mass is 361 g/mol. The Hall–Kier alpha value is -1.15. The van der Waals surface area contributed by atoms with Crippen molar-refractivity contribution in [2.24, 2.45) is 0 Å². The minimum Gasteiger partial charge on any atom is -0.486 e. The van der Waals surface area contributed by atoms with Crippen LogP contribution in [0.25, 0.3) is 0 Å². The summed E-state index contributed by atoms with van der Waals surface area (Å²) in [5, 5.41) is 3.11. The molecule has 5 nitrogen and oxygen atoms in total. The van der Waals surface area contributed by atoms with Crippen molar-refractivity contribution in [3.8, 4) is 5.75 Å². The Bertz CT molecular complexity index is 698. The second-order valence-corrected chi connectivity index (χ2v) is 8.12. The van der Waals surface area contributed by atoms with Gasteiger partial charge in [-0.3, -0.25) is 0 Å². The van der Waals surface area contributed by atoms with Crippen molar-refractivity contribution in [1.29, 1.82) is 0 Å². The number of aromatic nitrogens is 1. The Morgan fingerprint density at radius 3 is 2.68 bits per heavy atom. The van der Waals surface area contributed by atoms with Gasteiger partial charge in [-0.2, -0.15) is 0 Å². The smallest absolute Gasteiger partial charge is 0.158 e. The SMILES string of the molecule is COCCS(=O)(=O)Cc1csc(COc2ccc(Cl)cc2)n1. The molecule has 0 unspecified atom stereocenters. The summed E-state index contributed by atoms with van der Waals surface area (Å²) < 4.78 is 34.0. The van der Waals surface area contributed by atoms with Gasteiger partial charge in [0.1, 0.15) is 17.4 Å². The van der Waals surface area contributed by atoms with Gasteiger partial charge in [0, 0.05) is 17.5 Å². The molecule has 0 aliphatic heterocycles. The molecule has 0 saturated carbocycles. The Morgan fingerprint density at radius 1 is 1.27 bits per heavy atom. The van der Waals surface area contributed by atoms with E-state index in [9.17, 15) is 8.42 Å². The number of rotatable bonds is 8. The fourth-order valence-corrected chi connectivity index (χ4v) is 3.77. The zero-order chi connectivity index (χ0) is 16.0. The molecule has 0 spiro atoms. The number of hydrogen-bond donors (Lipinski definition) is 0. The summed E-state index contributed by atoms with van der Waals surface area (Å²) in [5.41, 5.74) is 0.538. The highest BCUT2D eigenvalue weighted by Gasteiger charge is 2.14. The summed E-state index contributed by atoms with van der Waals surface area (Å²) in [7, 11) is -1.71. The highest BCUT2D eigenvalue weighted by Crippen LogP contribution is 2.19. The average molecular weight is 362 g/mol. The lowest BCUT2D eigenvalue weighted by molar-refractivity contribution is 0.217. The number of sulfone groups is 1. The highest BCUT2D eigenvalue weighted by molar-refractivity contribution is 7.90. The number of benzene rings is 1. The third-order valence-corrected chi connectivity index (χ3v) is 5.39. The molecule has 0 radical (unpaired) electrons. The van der Waals surface area contributed by atoms with Gasteiger partial charge in [-0.1, -0.05) is 11.6 Å². The zero-order valence-electron chi connectivity index (χ0n) is 12.0. The van der Waals surface area contributed by atoms with E-state index in [-0.39, 0.29) is 18.1 Å². The van der Waals surface area contributed by atoms with Gasteiger partial charge in [-0.05, 0) is 24.3 Å². The highest BCUT2D eigenvalue weighted by atomic mass is 35.5. The standard InChI is InChI=1S/C14H16ClNO4S2/c1-19-6-7-22(17,18)10-12-9-21-14(16-12)8-20-13-4-2-11(15)3-5-13/h2-5,9H,6-8,10H2,1H3. The summed E-state index contributed by atoms with van der Waals surface area (Å²) in [6.07, 6.45) is 0. The molecule has 2 rings (SSSR count). The zero-order valence-corrected chi connectivity index (χ0v) is 14.4. The van der Waals surface area contributed by atoms with Gasteiger partial charge in [0.15, 0.2) is 9.84 Å². The first-order chi connectivity index (χ1) is 10.5. The maximum Gasteiger partial charge on any atom is 0.158 e. The maximum atomic E-state index is 11.8.